The standard InChI is InChI=1S/C12H10FIN4O2/c13-9-2-1-7(11(19)17-15)3-8(9)5-18-6-16-4-10(14)12(18)20/h1-4,6H,5,15H2,(H,17,19). The smallest absolute Gasteiger partial charge is 0.267 e. The largest absolute Gasteiger partial charge is 0.294 e. The Kier molecular flexibility index (Phi) is 4.45. The highest BCUT2D eigenvalue weighted by atomic mass is 127. The maximum atomic E-state index is 13.8. The van der Waals surface area contributed by atoms with Crippen molar-refractivity contribution in [2.24, 2.45) is 5.84 Å². The van der Waals surface area contributed by atoms with Crippen molar-refractivity contribution in [3.63, 3.8) is 0 Å². The van der Waals surface area contributed by atoms with Crippen LogP contribution < -0.4 is 16.8 Å². The fraction of sp³-hybridized carbons (Fsp3) is 0.0833. The number of benzene rings is 1. The van der Waals surface area contributed by atoms with Crippen molar-refractivity contribution >= 4 is 28.5 Å². The van der Waals surface area contributed by atoms with E-state index in [0.29, 0.717) is 3.57 Å². The zero-order chi connectivity index (χ0) is 14.7. The number of halogens is 2. The average Bonchev–Trinajstić information content (AvgIpc) is 2.45. The van der Waals surface area contributed by atoms with E-state index in [0.717, 1.165) is 6.07 Å². The molecule has 3 N–H and O–H groups in total. The first-order valence-electron chi connectivity index (χ1n) is 5.52. The monoisotopic (exact) mass is 388 g/mol. The summed E-state index contributed by atoms with van der Waals surface area (Å²) in [5.74, 6) is 3.99. The lowest BCUT2D eigenvalue weighted by atomic mass is 10.1. The van der Waals surface area contributed by atoms with Gasteiger partial charge in [0.05, 0.1) is 16.4 Å². The number of hydrogen-bond acceptors (Lipinski definition) is 4. The second-order valence-corrected chi connectivity index (χ2v) is 5.12. The van der Waals surface area contributed by atoms with Gasteiger partial charge in [0.1, 0.15) is 5.82 Å². The Bertz CT molecular complexity index is 717. The summed E-state index contributed by atoms with van der Waals surface area (Å²) in [4.78, 5) is 27.1. The molecule has 0 saturated heterocycles. The highest BCUT2D eigenvalue weighted by Crippen LogP contribution is 2.12. The molecule has 1 aromatic heterocycles. The average molecular weight is 388 g/mol. The van der Waals surface area contributed by atoms with E-state index in [2.05, 4.69) is 4.98 Å². The van der Waals surface area contributed by atoms with E-state index in [1.165, 1.54) is 29.2 Å². The van der Waals surface area contributed by atoms with Crippen molar-refractivity contribution in [2.75, 3.05) is 0 Å². The number of hydrazine groups is 1. The van der Waals surface area contributed by atoms with E-state index in [4.69, 9.17) is 5.84 Å². The number of carbonyl (C=O) groups is 1. The molecule has 1 heterocycles. The maximum absolute atomic E-state index is 13.8. The van der Waals surface area contributed by atoms with Gasteiger partial charge in [-0.15, -0.1) is 0 Å². The number of nitrogens with two attached hydrogens (primary N) is 1. The molecule has 1 aromatic carbocycles. The molecule has 0 saturated carbocycles. The van der Waals surface area contributed by atoms with Gasteiger partial charge in [-0.2, -0.15) is 0 Å². The molecule has 8 heteroatoms. The second-order valence-electron chi connectivity index (χ2n) is 3.95. The zero-order valence-electron chi connectivity index (χ0n) is 10.1. The Morgan fingerprint density at radius 2 is 2.25 bits per heavy atom. The van der Waals surface area contributed by atoms with Gasteiger partial charge in [0.25, 0.3) is 11.5 Å². The van der Waals surface area contributed by atoms with Crippen molar-refractivity contribution in [1.29, 1.82) is 0 Å². The van der Waals surface area contributed by atoms with Crippen LogP contribution in [0.25, 0.3) is 0 Å². The van der Waals surface area contributed by atoms with Crippen molar-refractivity contribution in [3.8, 4) is 0 Å². The first kappa shape index (κ1) is 14.6. The molecular weight excluding hydrogens is 378 g/mol. The molecule has 0 atom stereocenters. The normalized spacial score (nSPS) is 10.3. The van der Waals surface area contributed by atoms with Gasteiger partial charge in [0.15, 0.2) is 0 Å². The lowest BCUT2D eigenvalue weighted by Crippen LogP contribution is -2.30. The lowest BCUT2D eigenvalue weighted by molar-refractivity contribution is 0.0953. The second kappa shape index (κ2) is 6.09. The van der Waals surface area contributed by atoms with Crippen molar-refractivity contribution in [1.82, 2.24) is 15.0 Å². The van der Waals surface area contributed by atoms with Gasteiger partial charge in [0.2, 0.25) is 0 Å². The molecule has 0 radical (unpaired) electrons. The molecule has 0 aliphatic heterocycles. The molecule has 0 spiro atoms. The molecule has 6 nitrogen and oxygen atoms in total. The van der Waals surface area contributed by atoms with Crippen LogP contribution in [0, 0.1) is 9.39 Å². The van der Waals surface area contributed by atoms with Gasteiger partial charge >= 0.3 is 0 Å². The number of carbonyl (C=O) groups excluding carboxylic acids is 1. The summed E-state index contributed by atoms with van der Waals surface area (Å²) >= 11 is 1.85. The summed E-state index contributed by atoms with van der Waals surface area (Å²) in [5.41, 5.74) is 2.12. The number of nitrogen functional groups attached to an aromatic ring is 1. The predicted molar refractivity (Wildman–Crippen MR) is 78.4 cm³/mol. The summed E-state index contributed by atoms with van der Waals surface area (Å²) < 4.78 is 15.5. The number of rotatable bonds is 3. The van der Waals surface area contributed by atoms with E-state index in [1.54, 1.807) is 0 Å². The van der Waals surface area contributed by atoms with Gasteiger partial charge in [-0.05, 0) is 40.8 Å². The van der Waals surface area contributed by atoms with E-state index < -0.39 is 11.7 Å². The van der Waals surface area contributed by atoms with Crippen molar-refractivity contribution in [2.45, 2.75) is 6.54 Å². The molecule has 2 aromatic rings. The van der Waals surface area contributed by atoms with E-state index in [9.17, 15) is 14.0 Å². The van der Waals surface area contributed by atoms with Gasteiger partial charge in [0, 0.05) is 17.3 Å². The van der Waals surface area contributed by atoms with E-state index >= 15 is 0 Å². The van der Waals surface area contributed by atoms with Crippen LogP contribution >= 0.6 is 22.6 Å². The van der Waals surface area contributed by atoms with Crippen LogP contribution in [0.5, 0.6) is 0 Å². The molecule has 104 valence electrons. The predicted octanol–water partition coefficient (Wildman–Crippen LogP) is 0.639. The Labute approximate surface area is 126 Å². The molecule has 0 fully saturated rings. The zero-order valence-corrected chi connectivity index (χ0v) is 12.3. The minimum absolute atomic E-state index is 0.0137. The highest BCUT2D eigenvalue weighted by Gasteiger charge is 2.10. The molecule has 1 amide bonds. The number of nitrogens with zero attached hydrogens (tertiary/aromatic N) is 2. The van der Waals surface area contributed by atoms with E-state index in [-0.39, 0.29) is 23.2 Å². The van der Waals surface area contributed by atoms with Gasteiger partial charge in [-0.1, -0.05) is 0 Å². The molecule has 0 aliphatic carbocycles. The third kappa shape index (κ3) is 3.02. The summed E-state index contributed by atoms with van der Waals surface area (Å²) in [7, 11) is 0. The van der Waals surface area contributed by atoms with Crippen LogP contribution in [0.15, 0.2) is 35.5 Å². The van der Waals surface area contributed by atoms with Crippen LogP contribution in [0.3, 0.4) is 0 Å². The van der Waals surface area contributed by atoms with Crippen LogP contribution in [-0.4, -0.2) is 15.5 Å². The highest BCUT2D eigenvalue weighted by molar-refractivity contribution is 14.1. The number of nitrogens with one attached hydrogen (secondary N) is 1. The number of amides is 1. The molecule has 0 bridgehead atoms. The third-order valence-corrected chi connectivity index (χ3v) is 3.38. The SMILES string of the molecule is NNC(=O)c1ccc(F)c(Cn2cncc(I)c2=O)c1. The molecular formula is C12H10FIN4O2. The minimum Gasteiger partial charge on any atom is -0.294 e. The first-order valence-corrected chi connectivity index (χ1v) is 6.60. The van der Waals surface area contributed by atoms with Crippen LogP contribution in [-0.2, 0) is 6.54 Å². The Hall–Kier alpha value is -1.81. The summed E-state index contributed by atoms with van der Waals surface area (Å²) in [6.45, 7) is -0.0137. The number of hydrogen-bond donors (Lipinski definition) is 2. The van der Waals surface area contributed by atoms with Crippen LogP contribution in [0.2, 0.25) is 0 Å². The van der Waals surface area contributed by atoms with Crippen LogP contribution in [0.4, 0.5) is 4.39 Å². The summed E-state index contributed by atoms with van der Waals surface area (Å²) in [6.07, 6.45) is 2.74. The molecule has 0 aliphatic rings. The summed E-state index contributed by atoms with van der Waals surface area (Å²) in [5, 5.41) is 0. The maximum Gasteiger partial charge on any atom is 0.267 e. The minimum atomic E-state index is -0.528. The molecule has 20 heavy (non-hydrogen) atoms. The van der Waals surface area contributed by atoms with Crippen LogP contribution in [0.1, 0.15) is 15.9 Å². The lowest BCUT2D eigenvalue weighted by Gasteiger charge is -2.08. The van der Waals surface area contributed by atoms with Crippen molar-refractivity contribution in [3.05, 3.63) is 61.6 Å². The molecule has 2 rings (SSSR count). The Balaban J connectivity index is 2.40. The fourth-order valence-electron chi connectivity index (χ4n) is 1.64. The fourth-order valence-corrected chi connectivity index (χ4v) is 2.11. The Morgan fingerprint density at radius 3 is 2.95 bits per heavy atom. The van der Waals surface area contributed by atoms with Gasteiger partial charge in [-0.25, -0.2) is 15.2 Å². The third-order valence-electron chi connectivity index (χ3n) is 2.64. The topological polar surface area (TPSA) is 90.0 Å². The van der Waals surface area contributed by atoms with Gasteiger partial charge < -0.3 is 0 Å². The van der Waals surface area contributed by atoms with Gasteiger partial charge in [-0.3, -0.25) is 19.6 Å². The number of aromatic nitrogens is 2. The Morgan fingerprint density at radius 1 is 1.50 bits per heavy atom. The first-order chi connectivity index (χ1) is 9.52. The molecule has 0 unspecified atom stereocenters. The van der Waals surface area contributed by atoms with E-state index in [1.807, 2.05) is 28.0 Å². The summed E-state index contributed by atoms with van der Waals surface area (Å²) in [6, 6.07) is 3.83. The van der Waals surface area contributed by atoms with Crippen molar-refractivity contribution < 1.29 is 9.18 Å². The quantitative estimate of drug-likeness (QED) is 0.350.